The van der Waals surface area contributed by atoms with Gasteiger partial charge in [-0.1, -0.05) is 53.0 Å². The number of nitro groups is 1. The Kier molecular flexibility index (Phi) is 4.62. The maximum atomic E-state index is 11.1. The first-order valence-corrected chi connectivity index (χ1v) is 6.94. The fourth-order valence-electron chi connectivity index (χ4n) is 1.45. The minimum Gasteiger partial charge on any atom is -0.477 e. The third-order valence-corrected chi connectivity index (χ3v) is 4.34. The molecule has 0 saturated carbocycles. The molecule has 0 radical (unpaired) electrons. The number of ether oxygens (including phenoxy) is 1. The highest BCUT2D eigenvalue weighted by Gasteiger charge is 2.30. The molecule has 0 fully saturated rings. The van der Waals surface area contributed by atoms with Crippen LogP contribution in [0.25, 0.3) is 0 Å². The topological polar surface area (TPSA) is 52.4 Å². The molecule has 19 heavy (non-hydrogen) atoms. The summed E-state index contributed by atoms with van der Waals surface area (Å²) < 4.78 is 4.99. The maximum Gasteiger partial charge on any atom is 0.338 e. The van der Waals surface area contributed by atoms with E-state index in [1.807, 2.05) is 24.3 Å². The Balaban J connectivity index is 2.48. The first-order valence-electron chi connectivity index (χ1n) is 4.99. The monoisotopic (exact) mass is 337 g/mol. The largest absolute Gasteiger partial charge is 0.477 e. The van der Waals surface area contributed by atoms with Crippen molar-refractivity contribution in [2.75, 3.05) is 0 Å². The van der Waals surface area contributed by atoms with Crippen LogP contribution in [-0.2, 0) is 11.3 Å². The number of rotatable bonds is 2. The Morgan fingerprint density at radius 1 is 1.32 bits per heavy atom. The van der Waals surface area contributed by atoms with Crippen LogP contribution in [0.4, 0.5) is 0 Å². The van der Waals surface area contributed by atoms with Crippen molar-refractivity contribution in [2.45, 2.75) is 11.5 Å². The van der Waals surface area contributed by atoms with Crippen molar-refractivity contribution in [3.63, 3.8) is 0 Å². The summed E-state index contributed by atoms with van der Waals surface area (Å²) in [6.45, 7) is 0.236. The molecule has 8 heteroatoms. The van der Waals surface area contributed by atoms with Gasteiger partial charge in [0.25, 0.3) is 0 Å². The van der Waals surface area contributed by atoms with Crippen LogP contribution in [0.5, 0.6) is 0 Å². The second kappa shape index (κ2) is 6.05. The molecule has 1 aromatic rings. The molecule has 100 valence electrons. The molecule has 4 nitrogen and oxygen atoms in total. The smallest absolute Gasteiger partial charge is 0.338 e. The molecule has 0 spiro atoms. The zero-order chi connectivity index (χ0) is 14.0. The van der Waals surface area contributed by atoms with Crippen LogP contribution in [0, 0.1) is 10.1 Å². The van der Waals surface area contributed by atoms with Crippen molar-refractivity contribution in [3.05, 3.63) is 60.3 Å². The van der Waals surface area contributed by atoms with E-state index in [0.29, 0.717) is 0 Å². The average molecular weight is 339 g/mol. The lowest BCUT2D eigenvalue weighted by Crippen LogP contribution is -2.09. The van der Waals surface area contributed by atoms with Gasteiger partial charge in [-0.2, -0.15) is 0 Å². The standard InChI is InChI=1S/C11H6Cl3NO3S/c12-8(10(13)14)9(15(16)17)11-18-5-6-3-1-2-4-7(6)19-11/h1-4H,5H2/b11-9+. The highest BCUT2D eigenvalue weighted by molar-refractivity contribution is 8.03. The zero-order valence-corrected chi connectivity index (χ0v) is 12.3. The van der Waals surface area contributed by atoms with Crippen molar-refractivity contribution < 1.29 is 9.66 Å². The number of halogens is 3. The third-order valence-electron chi connectivity index (χ3n) is 2.28. The summed E-state index contributed by atoms with van der Waals surface area (Å²) in [6, 6.07) is 7.44. The van der Waals surface area contributed by atoms with Crippen molar-refractivity contribution in [3.8, 4) is 0 Å². The summed E-state index contributed by atoms with van der Waals surface area (Å²) in [6.07, 6.45) is 0. The second-order valence-electron chi connectivity index (χ2n) is 3.47. The lowest BCUT2D eigenvalue weighted by atomic mass is 10.2. The summed E-state index contributed by atoms with van der Waals surface area (Å²) in [7, 11) is 0. The van der Waals surface area contributed by atoms with E-state index in [1.165, 1.54) is 0 Å². The summed E-state index contributed by atoms with van der Waals surface area (Å²) >= 11 is 17.9. The molecule has 1 heterocycles. The number of hydrogen-bond donors (Lipinski definition) is 0. The van der Waals surface area contributed by atoms with Gasteiger partial charge < -0.3 is 4.74 Å². The summed E-state index contributed by atoms with van der Waals surface area (Å²) in [5.41, 5.74) is 0.525. The first-order chi connectivity index (χ1) is 9.00. The van der Waals surface area contributed by atoms with E-state index in [-0.39, 0.29) is 21.2 Å². The minimum atomic E-state index is -0.663. The highest BCUT2D eigenvalue weighted by atomic mass is 35.5. The Hall–Kier alpha value is -0.880. The van der Waals surface area contributed by atoms with E-state index < -0.39 is 10.6 Å². The number of fused-ring (bicyclic) bond motifs is 1. The van der Waals surface area contributed by atoms with E-state index in [0.717, 1.165) is 22.2 Å². The van der Waals surface area contributed by atoms with E-state index in [4.69, 9.17) is 39.5 Å². The van der Waals surface area contributed by atoms with Crippen LogP contribution in [0.15, 0.2) is 49.5 Å². The quantitative estimate of drug-likeness (QED) is 0.582. The van der Waals surface area contributed by atoms with Gasteiger partial charge >= 0.3 is 5.70 Å². The van der Waals surface area contributed by atoms with Crippen LogP contribution < -0.4 is 0 Å². The molecule has 0 aromatic heterocycles. The molecule has 1 aliphatic heterocycles. The van der Waals surface area contributed by atoms with Crippen molar-refractivity contribution >= 4 is 46.6 Å². The third kappa shape index (κ3) is 3.17. The molecule has 1 aliphatic rings. The van der Waals surface area contributed by atoms with Gasteiger partial charge in [0, 0.05) is 10.5 Å². The van der Waals surface area contributed by atoms with Gasteiger partial charge in [-0.15, -0.1) is 0 Å². The van der Waals surface area contributed by atoms with Crippen LogP contribution in [0.2, 0.25) is 0 Å². The molecule has 0 aliphatic carbocycles. The van der Waals surface area contributed by atoms with Crippen molar-refractivity contribution in [2.24, 2.45) is 0 Å². The van der Waals surface area contributed by atoms with Gasteiger partial charge in [-0.25, -0.2) is 0 Å². The SMILES string of the molecule is O=[N+]([O-])/C(C(Cl)=C(Cl)Cl)=C1\OCc2ccccc2S1. The van der Waals surface area contributed by atoms with Gasteiger partial charge in [0.2, 0.25) is 5.09 Å². The van der Waals surface area contributed by atoms with Crippen molar-refractivity contribution in [1.29, 1.82) is 0 Å². The van der Waals surface area contributed by atoms with Gasteiger partial charge in [0.1, 0.15) is 11.1 Å². The predicted octanol–water partition coefficient (Wildman–Crippen LogP) is 4.64. The molecular weight excluding hydrogens is 333 g/mol. The fourth-order valence-corrected chi connectivity index (χ4v) is 2.83. The Morgan fingerprint density at radius 2 is 2.00 bits per heavy atom. The number of thioether (sulfide) groups is 1. The molecule has 2 rings (SSSR count). The lowest BCUT2D eigenvalue weighted by Gasteiger charge is -2.18. The van der Waals surface area contributed by atoms with Crippen LogP contribution in [0.1, 0.15) is 5.56 Å². The van der Waals surface area contributed by atoms with E-state index in [2.05, 4.69) is 0 Å². The number of nitrogens with zero attached hydrogens (tertiary/aromatic N) is 1. The van der Waals surface area contributed by atoms with Crippen LogP contribution in [-0.4, -0.2) is 4.92 Å². The molecule has 0 unspecified atom stereocenters. The predicted molar refractivity (Wildman–Crippen MR) is 75.7 cm³/mol. The summed E-state index contributed by atoms with van der Waals surface area (Å²) in [5, 5.41) is 10.8. The van der Waals surface area contributed by atoms with E-state index >= 15 is 0 Å². The average Bonchev–Trinajstić information content (AvgIpc) is 2.38. The van der Waals surface area contributed by atoms with Gasteiger partial charge in [0.15, 0.2) is 5.03 Å². The molecule has 0 bridgehead atoms. The maximum absolute atomic E-state index is 11.1. The Morgan fingerprint density at radius 3 is 2.63 bits per heavy atom. The highest BCUT2D eigenvalue weighted by Crippen LogP contribution is 2.41. The number of hydrogen-bond acceptors (Lipinski definition) is 4. The van der Waals surface area contributed by atoms with E-state index in [1.54, 1.807) is 0 Å². The second-order valence-corrected chi connectivity index (χ2v) is 5.81. The molecule has 0 atom stereocenters. The normalized spacial score (nSPS) is 16.2. The van der Waals surface area contributed by atoms with E-state index in [9.17, 15) is 10.1 Å². The first kappa shape index (κ1) is 14.5. The Labute approximate surface area is 128 Å². The van der Waals surface area contributed by atoms with Crippen LogP contribution in [0.3, 0.4) is 0 Å². The molecule has 0 saturated heterocycles. The minimum absolute atomic E-state index is 0.0764. The summed E-state index contributed by atoms with van der Waals surface area (Å²) in [5.74, 6) is 0. The molecule has 0 N–H and O–H groups in total. The summed E-state index contributed by atoms with van der Waals surface area (Å²) in [4.78, 5) is 11.3. The number of benzene rings is 1. The van der Waals surface area contributed by atoms with Gasteiger partial charge in [-0.05, 0) is 17.8 Å². The lowest BCUT2D eigenvalue weighted by molar-refractivity contribution is -0.422. The zero-order valence-electron chi connectivity index (χ0n) is 9.23. The van der Waals surface area contributed by atoms with Crippen LogP contribution >= 0.6 is 46.6 Å². The number of allylic oxidation sites excluding steroid dienone is 1. The van der Waals surface area contributed by atoms with Gasteiger partial charge in [-0.3, -0.25) is 10.1 Å². The Bertz CT molecular complexity index is 597. The van der Waals surface area contributed by atoms with Crippen molar-refractivity contribution in [1.82, 2.24) is 0 Å². The molecule has 1 aromatic carbocycles. The molecule has 0 amide bonds. The van der Waals surface area contributed by atoms with Gasteiger partial charge in [0.05, 0.1) is 4.92 Å². The molecular formula is C11H6Cl3NO3S. The fraction of sp³-hybridized carbons (Fsp3) is 0.0909.